The second-order valence-electron chi connectivity index (χ2n) is 7.39. The number of benzene rings is 2. The third-order valence-corrected chi connectivity index (χ3v) is 6.03. The second-order valence-corrected chi connectivity index (χ2v) is 8.39. The molecule has 0 fully saturated rings. The van der Waals surface area contributed by atoms with Gasteiger partial charge in [0.05, 0.1) is 23.8 Å². The zero-order valence-corrected chi connectivity index (χ0v) is 18.2. The second kappa shape index (κ2) is 8.48. The Hall–Kier alpha value is -3.87. The number of aromatic nitrogens is 3. The third-order valence-electron chi connectivity index (χ3n) is 4.94. The van der Waals surface area contributed by atoms with Gasteiger partial charge in [0, 0.05) is 11.6 Å². The summed E-state index contributed by atoms with van der Waals surface area (Å²) in [6, 6.07) is 4.61. The number of nitrogens with zero attached hydrogens (tertiary/aromatic N) is 3. The van der Waals surface area contributed by atoms with E-state index >= 15 is 0 Å². The summed E-state index contributed by atoms with van der Waals surface area (Å²) in [5, 5.41) is 11.4. The molecule has 3 heterocycles. The molecule has 0 spiro atoms. The first-order valence-electron chi connectivity index (χ1n) is 9.90. The molecule has 1 aliphatic heterocycles. The van der Waals surface area contributed by atoms with Crippen molar-refractivity contribution in [3.05, 3.63) is 35.8 Å². The fourth-order valence-electron chi connectivity index (χ4n) is 3.59. The number of alkyl halides is 2. The highest BCUT2D eigenvalue weighted by Gasteiger charge is 2.28. The molecule has 4 aromatic rings. The first-order chi connectivity index (χ1) is 16.3. The highest BCUT2D eigenvalue weighted by molar-refractivity contribution is 7.22. The summed E-state index contributed by atoms with van der Waals surface area (Å²) in [7, 11) is 0. The monoisotopic (exact) mass is 492 g/mol. The third kappa shape index (κ3) is 4.09. The Labute approximate surface area is 193 Å². The van der Waals surface area contributed by atoms with Crippen molar-refractivity contribution < 1.29 is 37.3 Å². The van der Waals surface area contributed by atoms with E-state index in [9.17, 15) is 18.0 Å². The van der Waals surface area contributed by atoms with Gasteiger partial charge in [-0.05, 0) is 24.6 Å². The molecule has 1 unspecified atom stereocenters. The minimum absolute atomic E-state index is 0.0203. The normalized spacial score (nSPS) is 15.1. The predicted molar refractivity (Wildman–Crippen MR) is 115 cm³/mol. The average molecular weight is 492 g/mol. The van der Waals surface area contributed by atoms with Crippen LogP contribution in [0.5, 0.6) is 17.4 Å². The quantitative estimate of drug-likeness (QED) is 0.422. The maximum absolute atomic E-state index is 14.9. The largest absolute Gasteiger partial charge is 0.484 e. The molecule has 1 atom stereocenters. The molecule has 0 saturated heterocycles. The van der Waals surface area contributed by atoms with Crippen molar-refractivity contribution in [3.8, 4) is 28.0 Å². The molecule has 5 rings (SSSR count). The molecule has 0 aliphatic carbocycles. The van der Waals surface area contributed by atoms with E-state index in [0.29, 0.717) is 32.1 Å². The van der Waals surface area contributed by atoms with Crippen molar-refractivity contribution in [1.82, 2.24) is 20.3 Å². The molecule has 0 bridgehead atoms. The van der Waals surface area contributed by atoms with Crippen molar-refractivity contribution >= 4 is 38.7 Å². The fourth-order valence-corrected chi connectivity index (χ4v) is 4.67. The van der Waals surface area contributed by atoms with Crippen LogP contribution in [0.4, 0.5) is 18.0 Å². The van der Waals surface area contributed by atoms with E-state index in [-0.39, 0.29) is 30.3 Å². The first-order valence-corrected chi connectivity index (χ1v) is 10.7. The van der Waals surface area contributed by atoms with E-state index in [1.807, 2.05) is 0 Å². The molecule has 2 aromatic carbocycles. The van der Waals surface area contributed by atoms with Crippen molar-refractivity contribution in [2.45, 2.75) is 19.6 Å². The van der Waals surface area contributed by atoms with Crippen LogP contribution in [0, 0.1) is 12.7 Å². The van der Waals surface area contributed by atoms with E-state index in [1.54, 1.807) is 19.1 Å². The number of hydrogen-bond acceptors (Lipinski definition) is 8. The minimum Gasteiger partial charge on any atom is -0.484 e. The summed E-state index contributed by atoms with van der Waals surface area (Å²) in [4.78, 5) is 23.4. The Morgan fingerprint density at radius 3 is 2.91 bits per heavy atom. The Bertz CT molecular complexity index is 1430. The van der Waals surface area contributed by atoms with Crippen LogP contribution in [0.3, 0.4) is 0 Å². The van der Waals surface area contributed by atoms with Crippen molar-refractivity contribution in [1.29, 1.82) is 0 Å². The average Bonchev–Trinajstić information content (AvgIpc) is 3.22. The Morgan fingerprint density at radius 1 is 1.32 bits per heavy atom. The van der Waals surface area contributed by atoms with Gasteiger partial charge < -0.3 is 24.6 Å². The van der Waals surface area contributed by atoms with Crippen LogP contribution in [0.25, 0.3) is 31.8 Å². The van der Waals surface area contributed by atoms with E-state index in [2.05, 4.69) is 25.0 Å². The molecule has 34 heavy (non-hydrogen) atoms. The van der Waals surface area contributed by atoms with E-state index < -0.39 is 24.6 Å². The lowest BCUT2D eigenvalue weighted by Gasteiger charge is -2.26. The Morgan fingerprint density at radius 2 is 2.15 bits per heavy atom. The number of carbonyl (C=O) groups is 1. The SMILES string of the molecule is Cc1cc(-c2nc3c(F)cc4c(c3s2)OCC(CNC(=O)O)O4)c2ncc(OC(F)F)nc2c1. The van der Waals surface area contributed by atoms with Crippen molar-refractivity contribution in [2.24, 2.45) is 0 Å². The summed E-state index contributed by atoms with van der Waals surface area (Å²) in [5.74, 6) is -0.503. The van der Waals surface area contributed by atoms with Gasteiger partial charge in [0.2, 0.25) is 5.88 Å². The molecule has 9 nitrogen and oxygen atoms in total. The number of fused-ring (bicyclic) bond motifs is 4. The zero-order chi connectivity index (χ0) is 24.0. The van der Waals surface area contributed by atoms with Gasteiger partial charge >= 0.3 is 12.7 Å². The van der Waals surface area contributed by atoms with E-state index in [0.717, 1.165) is 29.2 Å². The van der Waals surface area contributed by atoms with Crippen LogP contribution in [-0.2, 0) is 0 Å². The topological polar surface area (TPSA) is 116 Å². The van der Waals surface area contributed by atoms with Crippen molar-refractivity contribution in [2.75, 3.05) is 13.2 Å². The summed E-state index contributed by atoms with van der Waals surface area (Å²) < 4.78 is 56.2. The van der Waals surface area contributed by atoms with Gasteiger partial charge in [0.1, 0.15) is 21.8 Å². The van der Waals surface area contributed by atoms with Gasteiger partial charge in [-0.15, -0.1) is 11.3 Å². The van der Waals surface area contributed by atoms with Crippen LogP contribution in [0.2, 0.25) is 0 Å². The van der Waals surface area contributed by atoms with Gasteiger partial charge in [-0.25, -0.2) is 24.1 Å². The van der Waals surface area contributed by atoms with Crippen LogP contribution < -0.4 is 19.5 Å². The van der Waals surface area contributed by atoms with Gasteiger partial charge in [0.25, 0.3) is 0 Å². The number of aryl methyl sites for hydroxylation is 1. The molecular formula is C21H15F3N4O5S. The lowest BCUT2D eigenvalue weighted by Crippen LogP contribution is -2.40. The van der Waals surface area contributed by atoms with Gasteiger partial charge in [0.15, 0.2) is 23.4 Å². The van der Waals surface area contributed by atoms with Gasteiger partial charge in [-0.3, -0.25) is 0 Å². The molecule has 2 N–H and O–H groups in total. The Kier molecular flexibility index (Phi) is 5.48. The molecule has 13 heteroatoms. The summed E-state index contributed by atoms with van der Waals surface area (Å²) >= 11 is 1.15. The van der Waals surface area contributed by atoms with Crippen LogP contribution in [-0.4, -0.2) is 52.0 Å². The predicted octanol–water partition coefficient (Wildman–Crippen LogP) is 4.36. The number of amides is 1. The highest BCUT2D eigenvalue weighted by Crippen LogP contribution is 2.45. The smallest absolute Gasteiger partial charge is 0.404 e. The van der Waals surface area contributed by atoms with Crippen LogP contribution >= 0.6 is 11.3 Å². The van der Waals surface area contributed by atoms with Crippen molar-refractivity contribution in [3.63, 3.8) is 0 Å². The molecule has 0 radical (unpaired) electrons. The van der Waals surface area contributed by atoms with Crippen LogP contribution in [0.1, 0.15) is 5.56 Å². The van der Waals surface area contributed by atoms with Crippen LogP contribution in [0.15, 0.2) is 24.4 Å². The zero-order valence-electron chi connectivity index (χ0n) is 17.3. The molecule has 2 aromatic heterocycles. The maximum Gasteiger partial charge on any atom is 0.404 e. The lowest BCUT2D eigenvalue weighted by atomic mass is 10.1. The van der Waals surface area contributed by atoms with E-state index in [1.165, 1.54) is 0 Å². The Balaban J connectivity index is 1.57. The van der Waals surface area contributed by atoms with Gasteiger partial charge in [-0.2, -0.15) is 8.78 Å². The molecule has 1 aliphatic rings. The number of ether oxygens (including phenoxy) is 3. The molecule has 0 saturated carbocycles. The number of hydrogen-bond donors (Lipinski definition) is 2. The minimum atomic E-state index is -3.03. The molecule has 176 valence electrons. The number of nitrogens with one attached hydrogen (secondary N) is 1. The van der Waals surface area contributed by atoms with Gasteiger partial charge in [-0.1, -0.05) is 0 Å². The standard InChI is InChI=1S/C21H15F3N4O5S/c1-8-2-10(15-12(3-8)27-14(6-25-15)33-20(23)24)19-28-16-11(22)4-13-17(18(16)34-19)31-7-9(32-13)5-26-21(29)30/h2-4,6,9,20,26H,5,7H2,1H3,(H,29,30). The summed E-state index contributed by atoms with van der Waals surface area (Å²) in [5.41, 5.74) is 2.09. The number of carboxylic acid groups (broad SMARTS) is 1. The summed E-state index contributed by atoms with van der Waals surface area (Å²) in [6.45, 7) is -1.19. The van der Waals surface area contributed by atoms with E-state index in [4.69, 9.17) is 14.6 Å². The summed E-state index contributed by atoms with van der Waals surface area (Å²) in [6.07, 6.45) is -0.733. The highest BCUT2D eigenvalue weighted by atomic mass is 32.1. The number of thiazole rings is 1. The number of rotatable bonds is 5. The fraction of sp³-hybridized carbons (Fsp3) is 0.238. The first kappa shape index (κ1) is 21.9. The lowest BCUT2D eigenvalue weighted by molar-refractivity contribution is -0.0528. The molecular weight excluding hydrogens is 477 g/mol. The maximum atomic E-state index is 14.9. The number of halogens is 3. The molecule has 1 amide bonds.